The second-order valence-electron chi connectivity index (χ2n) is 7.32. The molecule has 170 valence electrons. The maximum absolute atomic E-state index is 14.7. The smallest absolute Gasteiger partial charge is 0.259 e. The minimum Gasteiger partial charge on any atom is -0.259 e. The van der Waals surface area contributed by atoms with Crippen molar-refractivity contribution in [3.8, 4) is 0 Å². The number of anilines is 1. The molecule has 0 aromatic heterocycles. The summed E-state index contributed by atoms with van der Waals surface area (Å²) in [5.41, 5.74) is -0.463. The summed E-state index contributed by atoms with van der Waals surface area (Å²) in [7, 11) is -7.93. The van der Waals surface area contributed by atoms with Crippen LogP contribution in [0.1, 0.15) is 26.2 Å². The van der Waals surface area contributed by atoms with Crippen molar-refractivity contribution in [2.24, 2.45) is 0 Å². The summed E-state index contributed by atoms with van der Waals surface area (Å²) in [6.45, 7) is 1.84. The van der Waals surface area contributed by atoms with Crippen LogP contribution >= 0.6 is 11.6 Å². The van der Waals surface area contributed by atoms with E-state index in [-0.39, 0.29) is 23.7 Å². The Labute approximate surface area is 186 Å². The van der Waals surface area contributed by atoms with Gasteiger partial charge in [-0.3, -0.25) is 4.31 Å². The summed E-state index contributed by atoms with van der Waals surface area (Å²) < 4.78 is 82.9. The lowest BCUT2D eigenvalue weighted by Crippen LogP contribution is -2.52. The van der Waals surface area contributed by atoms with Gasteiger partial charge >= 0.3 is 0 Å². The zero-order chi connectivity index (χ0) is 22.8. The predicted molar refractivity (Wildman–Crippen MR) is 116 cm³/mol. The van der Waals surface area contributed by atoms with Crippen molar-refractivity contribution >= 4 is 37.3 Å². The molecule has 1 saturated heterocycles. The Balaban J connectivity index is 2.10. The highest BCUT2D eigenvalue weighted by molar-refractivity contribution is 7.93. The minimum atomic E-state index is -4.34. The number of nitrogens with zero attached hydrogens (tertiary/aromatic N) is 2. The molecule has 0 N–H and O–H groups in total. The molecule has 0 bridgehead atoms. The van der Waals surface area contributed by atoms with Gasteiger partial charge in [0.1, 0.15) is 11.6 Å². The van der Waals surface area contributed by atoms with Crippen LogP contribution in [0.2, 0.25) is 5.02 Å². The number of benzene rings is 2. The van der Waals surface area contributed by atoms with E-state index in [1.165, 1.54) is 28.6 Å². The van der Waals surface area contributed by atoms with Gasteiger partial charge in [0.2, 0.25) is 10.0 Å². The molecular weight excluding hydrogens is 470 g/mol. The van der Waals surface area contributed by atoms with Crippen LogP contribution in [0.3, 0.4) is 0 Å². The average molecular weight is 493 g/mol. The molecule has 0 amide bonds. The maximum Gasteiger partial charge on any atom is 0.264 e. The molecule has 0 saturated carbocycles. The zero-order valence-corrected chi connectivity index (χ0v) is 19.2. The first-order valence-corrected chi connectivity index (χ1v) is 13.2. The maximum atomic E-state index is 14.7. The highest BCUT2D eigenvalue weighted by Gasteiger charge is 2.38. The van der Waals surface area contributed by atoms with Gasteiger partial charge in [-0.25, -0.2) is 25.6 Å². The van der Waals surface area contributed by atoms with E-state index in [9.17, 15) is 25.6 Å². The van der Waals surface area contributed by atoms with Crippen molar-refractivity contribution in [3.63, 3.8) is 0 Å². The second-order valence-corrected chi connectivity index (χ2v) is 11.7. The molecule has 1 atom stereocenters. The summed E-state index contributed by atoms with van der Waals surface area (Å²) in [6.07, 6.45) is 1.09. The normalized spacial score (nSPS) is 18.1. The number of halogens is 3. The Morgan fingerprint density at radius 1 is 1.10 bits per heavy atom. The molecule has 1 aliphatic heterocycles. The fourth-order valence-electron chi connectivity index (χ4n) is 3.65. The standard InChI is InChI=1S/C20H23ClF2N2O4S2/c1-2-12-30(26,27)24-11-3-4-17(14-24)25(20-13-16(22)7-10-19(20)23)31(28,29)18-8-5-15(21)6-9-18/h5-10,13,17H,2-4,11-12,14H2,1H3. The van der Waals surface area contributed by atoms with E-state index in [0.29, 0.717) is 24.3 Å². The number of rotatable bonds is 7. The van der Waals surface area contributed by atoms with E-state index in [2.05, 4.69) is 0 Å². The molecule has 2 aromatic carbocycles. The highest BCUT2D eigenvalue weighted by Crippen LogP contribution is 2.33. The molecule has 0 radical (unpaired) electrons. The van der Waals surface area contributed by atoms with Crippen molar-refractivity contribution < 1.29 is 25.6 Å². The summed E-state index contributed by atoms with van der Waals surface area (Å²) in [5.74, 6) is -1.80. The van der Waals surface area contributed by atoms with Gasteiger partial charge < -0.3 is 0 Å². The Kier molecular flexibility index (Phi) is 7.25. The van der Waals surface area contributed by atoms with E-state index in [1.807, 2.05) is 0 Å². The molecule has 2 aromatic rings. The molecule has 0 aliphatic carbocycles. The predicted octanol–water partition coefficient (Wildman–Crippen LogP) is 4.02. The Hall–Kier alpha value is -1.75. The second kappa shape index (κ2) is 9.40. The van der Waals surface area contributed by atoms with Crippen LogP contribution in [0.4, 0.5) is 14.5 Å². The van der Waals surface area contributed by atoms with Crippen molar-refractivity contribution in [2.75, 3.05) is 23.1 Å². The molecular formula is C20H23ClF2N2O4S2. The molecule has 3 rings (SSSR count). The van der Waals surface area contributed by atoms with E-state index in [0.717, 1.165) is 22.5 Å². The van der Waals surface area contributed by atoms with Gasteiger partial charge in [0, 0.05) is 24.2 Å². The molecule has 11 heteroatoms. The molecule has 6 nitrogen and oxygen atoms in total. The van der Waals surface area contributed by atoms with Gasteiger partial charge in [0.15, 0.2) is 0 Å². The largest absolute Gasteiger partial charge is 0.264 e. The van der Waals surface area contributed by atoms with Crippen LogP contribution in [0.5, 0.6) is 0 Å². The first-order chi connectivity index (χ1) is 14.6. The first-order valence-electron chi connectivity index (χ1n) is 9.79. The van der Waals surface area contributed by atoms with Gasteiger partial charge in [0.25, 0.3) is 10.0 Å². The van der Waals surface area contributed by atoms with E-state index >= 15 is 0 Å². The summed E-state index contributed by atoms with van der Waals surface area (Å²) in [5, 5.41) is 0.317. The Bertz CT molecular complexity index is 1140. The fraction of sp³-hybridized carbons (Fsp3) is 0.400. The topological polar surface area (TPSA) is 74.8 Å². The third-order valence-electron chi connectivity index (χ3n) is 5.06. The number of hydrogen-bond acceptors (Lipinski definition) is 4. The Morgan fingerprint density at radius 2 is 1.77 bits per heavy atom. The van der Waals surface area contributed by atoms with E-state index in [4.69, 9.17) is 11.6 Å². The number of piperidine rings is 1. The van der Waals surface area contributed by atoms with E-state index in [1.54, 1.807) is 6.92 Å². The van der Waals surface area contributed by atoms with Crippen molar-refractivity contribution in [1.29, 1.82) is 0 Å². The van der Waals surface area contributed by atoms with Crippen LogP contribution in [0, 0.1) is 11.6 Å². The lowest BCUT2D eigenvalue weighted by Gasteiger charge is -2.39. The first kappa shape index (κ1) is 23.9. The summed E-state index contributed by atoms with van der Waals surface area (Å²) >= 11 is 5.86. The Morgan fingerprint density at radius 3 is 2.42 bits per heavy atom. The zero-order valence-electron chi connectivity index (χ0n) is 16.8. The molecule has 1 aliphatic rings. The van der Waals surface area contributed by atoms with E-state index < -0.39 is 43.4 Å². The molecule has 1 fully saturated rings. The van der Waals surface area contributed by atoms with Crippen LogP contribution in [-0.4, -0.2) is 46.0 Å². The average Bonchev–Trinajstić information content (AvgIpc) is 2.71. The summed E-state index contributed by atoms with van der Waals surface area (Å²) in [6, 6.07) is 6.96. The molecule has 0 spiro atoms. The van der Waals surface area contributed by atoms with Crippen molar-refractivity contribution in [2.45, 2.75) is 37.1 Å². The van der Waals surface area contributed by atoms with Gasteiger partial charge in [-0.1, -0.05) is 18.5 Å². The van der Waals surface area contributed by atoms with Crippen LogP contribution < -0.4 is 4.31 Å². The third-order valence-corrected chi connectivity index (χ3v) is 9.24. The SMILES string of the molecule is CCCS(=O)(=O)N1CCCC(N(c2cc(F)ccc2F)S(=O)(=O)c2ccc(Cl)cc2)C1. The van der Waals surface area contributed by atoms with Crippen molar-refractivity contribution in [3.05, 3.63) is 59.1 Å². The minimum absolute atomic E-state index is 0.0714. The fourth-order valence-corrected chi connectivity index (χ4v) is 7.03. The quantitative estimate of drug-likeness (QED) is 0.585. The molecule has 1 heterocycles. The third kappa shape index (κ3) is 5.19. The molecule has 31 heavy (non-hydrogen) atoms. The lowest BCUT2D eigenvalue weighted by atomic mass is 10.1. The lowest BCUT2D eigenvalue weighted by molar-refractivity contribution is 0.316. The van der Waals surface area contributed by atoms with Gasteiger partial charge in [-0.2, -0.15) is 4.31 Å². The number of hydrogen-bond donors (Lipinski definition) is 0. The number of sulfonamides is 2. The highest BCUT2D eigenvalue weighted by atomic mass is 35.5. The van der Waals surface area contributed by atoms with Gasteiger partial charge in [0.05, 0.1) is 22.4 Å². The summed E-state index contributed by atoms with van der Waals surface area (Å²) in [4.78, 5) is -0.158. The van der Waals surface area contributed by atoms with Crippen molar-refractivity contribution in [1.82, 2.24) is 4.31 Å². The van der Waals surface area contributed by atoms with Crippen LogP contribution in [0.15, 0.2) is 47.4 Å². The monoisotopic (exact) mass is 492 g/mol. The molecule has 1 unspecified atom stereocenters. The van der Waals surface area contributed by atoms with Gasteiger partial charge in [-0.05, 0) is 55.7 Å². The van der Waals surface area contributed by atoms with Crippen LogP contribution in [-0.2, 0) is 20.0 Å². The van der Waals surface area contributed by atoms with Gasteiger partial charge in [-0.15, -0.1) is 0 Å². The van der Waals surface area contributed by atoms with Crippen LogP contribution in [0.25, 0.3) is 0 Å².